The molecule has 0 aliphatic carbocycles. The molecule has 0 bridgehead atoms. The van der Waals surface area contributed by atoms with Crippen LogP contribution in [0.25, 0.3) is 6.08 Å². The van der Waals surface area contributed by atoms with Crippen molar-refractivity contribution in [1.29, 1.82) is 0 Å². The van der Waals surface area contributed by atoms with Crippen LogP contribution in [0.3, 0.4) is 0 Å². The minimum absolute atomic E-state index is 0.149. The second-order valence-electron chi connectivity index (χ2n) is 7.24. The summed E-state index contributed by atoms with van der Waals surface area (Å²) in [5, 5.41) is 3.17. The molecule has 24 heavy (non-hydrogen) atoms. The molecule has 0 amide bonds. The lowest BCUT2D eigenvalue weighted by atomic mass is 9.77. The van der Waals surface area contributed by atoms with Gasteiger partial charge < -0.3 is 14.6 Å². The van der Waals surface area contributed by atoms with Crippen LogP contribution >= 0.6 is 0 Å². The van der Waals surface area contributed by atoms with Gasteiger partial charge in [0.05, 0.1) is 11.2 Å². The average molecular weight is 329 g/mol. The van der Waals surface area contributed by atoms with Crippen LogP contribution in [-0.4, -0.2) is 37.7 Å². The first kappa shape index (κ1) is 18.9. The maximum atomic E-state index is 11.9. The quantitative estimate of drug-likeness (QED) is 0.641. The molecule has 0 unspecified atom stereocenters. The molecule has 4 nitrogen and oxygen atoms in total. The normalized spacial score (nSPS) is 19.6. The van der Waals surface area contributed by atoms with Crippen LogP contribution in [0.5, 0.6) is 0 Å². The van der Waals surface area contributed by atoms with Gasteiger partial charge in [-0.25, -0.2) is 0 Å². The van der Waals surface area contributed by atoms with E-state index in [0.29, 0.717) is 13.0 Å². The Kier molecular flexibility index (Phi) is 5.69. The smallest absolute Gasteiger partial charge is 0.400 e. The largest absolute Gasteiger partial charge is 0.491 e. The number of carbonyl (C=O) groups excluding carboxylic acids is 1. The lowest BCUT2D eigenvalue weighted by Gasteiger charge is -2.32. The lowest BCUT2D eigenvalue weighted by Crippen LogP contribution is -2.41. The minimum Gasteiger partial charge on any atom is -0.400 e. The molecule has 1 aromatic rings. The van der Waals surface area contributed by atoms with Gasteiger partial charge in [0.2, 0.25) is 0 Å². The van der Waals surface area contributed by atoms with Crippen molar-refractivity contribution in [3.8, 4) is 0 Å². The van der Waals surface area contributed by atoms with E-state index < -0.39 is 7.12 Å². The monoisotopic (exact) mass is 329 g/mol. The fourth-order valence-corrected chi connectivity index (χ4v) is 2.62. The maximum Gasteiger partial charge on any atom is 0.491 e. The molecule has 0 radical (unpaired) electrons. The van der Waals surface area contributed by atoms with E-state index in [-0.39, 0.29) is 17.0 Å². The summed E-state index contributed by atoms with van der Waals surface area (Å²) >= 11 is 0. The molecule has 1 fully saturated rings. The van der Waals surface area contributed by atoms with Crippen molar-refractivity contribution in [3.05, 3.63) is 40.9 Å². The Morgan fingerprint density at radius 3 is 2.38 bits per heavy atom. The van der Waals surface area contributed by atoms with Crippen molar-refractivity contribution in [3.63, 3.8) is 0 Å². The minimum atomic E-state index is -0.395. The molecule has 1 aromatic carbocycles. The lowest BCUT2D eigenvalue weighted by molar-refractivity contribution is 0.00578. The van der Waals surface area contributed by atoms with Gasteiger partial charge >= 0.3 is 7.12 Å². The van der Waals surface area contributed by atoms with Crippen LogP contribution < -0.4 is 5.32 Å². The van der Waals surface area contributed by atoms with Gasteiger partial charge in [-0.1, -0.05) is 31.2 Å². The number of benzene rings is 1. The molecule has 1 saturated heterocycles. The van der Waals surface area contributed by atoms with E-state index in [2.05, 4.69) is 5.32 Å². The van der Waals surface area contributed by atoms with Crippen LogP contribution in [0.4, 0.5) is 0 Å². The van der Waals surface area contributed by atoms with Crippen LogP contribution in [0.2, 0.25) is 0 Å². The number of hydrogen-bond acceptors (Lipinski definition) is 4. The van der Waals surface area contributed by atoms with Gasteiger partial charge in [-0.05, 0) is 51.8 Å². The second-order valence-corrected chi connectivity index (χ2v) is 7.24. The van der Waals surface area contributed by atoms with E-state index in [1.165, 1.54) is 0 Å². The Hall–Kier alpha value is -1.43. The molecular formula is C19H28BNO3. The summed E-state index contributed by atoms with van der Waals surface area (Å²) in [5.41, 5.74) is 1.99. The predicted octanol–water partition coefficient (Wildman–Crippen LogP) is 3.51. The van der Waals surface area contributed by atoms with E-state index in [1.807, 2.05) is 72.0 Å². The molecule has 1 aliphatic rings. The number of rotatable bonds is 6. The van der Waals surface area contributed by atoms with Gasteiger partial charge in [-0.15, -0.1) is 0 Å². The number of ketones is 1. The van der Waals surface area contributed by atoms with Crippen LogP contribution in [0.1, 0.15) is 57.0 Å². The Labute approximate surface area is 145 Å². The molecule has 130 valence electrons. The van der Waals surface area contributed by atoms with Gasteiger partial charge in [0.1, 0.15) is 0 Å². The molecule has 0 saturated carbocycles. The van der Waals surface area contributed by atoms with Crippen LogP contribution in [-0.2, 0) is 9.31 Å². The number of likely N-dealkylation sites (N-methyl/N-ethyl adjacent to an activating group) is 1. The average Bonchev–Trinajstić information content (AvgIpc) is 2.74. The summed E-state index contributed by atoms with van der Waals surface area (Å²) in [4.78, 5) is 11.9. The molecule has 1 N–H and O–H groups in total. The third kappa shape index (κ3) is 3.97. The summed E-state index contributed by atoms with van der Waals surface area (Å²) in [6.07, 6.45) is 2.55. The van der Waals surface area contributed by atoms with Crippen molar-refractivity contribution in [1.82, 2.24) is 5.32 Å². The maximum absolute atomic E-state index is 11.9. The van der Waals surface area contributed by atoms with Crippen LogP contribution in [0.15, 0.2) is 29.7 Å². The fourth-order valence-electron chi connectivity index (χ4n) is 2.62. The van der Waals surface area contributed by atoms with Crippen molar-refractivity contribution in [2.45, 2.75) is 52.2 Å². The highest BCUT2D eigenvalue weighted by molar-refractivity contribution is 6.55. The molecular weight excluding hydrogens is 301 g/mol. The van der Waals surface area contributed by atoms with Crippen molar-refractivity contribution < 1.29 is 14.1 Å². The molecule has 0 spiro atoms. The van der Waals surface area contributed by atoms with Gasteiger partial charge in [0.25, 0.3) is 0 Å². The zero-order valence-corrected chi connectivity index (χ0v) is 15.6. The van der Waals surface area contributed by atoms with E-state index in [1.54, 1.807) is 0 Å². The van der Waals surface area contributed by atoms with Gasteiger partial charge in [0.15, 0.2) is 5.78 Å². The van der Waals surface area contributed by atoms with E-state index in [9.17, 15) is 4.79 Å². The Morgan fingerprint density at radius 1 is 1.21 bits per heavy atom. The second kappa shape index (κ2) is 7.22. The van der Waals surface area contributed by atoms with Gasteiger partial charge in [-0.3, -0.25) is 4.79 Å². The molecule has 1 heterocycles. The summed E-state index contributed by atoms with van der Waals surface area (Å²) in [7, 11) is 1.50. The Balaban J connectivity index is 2.31. The van der Waals surface area contributed by atoms with Gasteiger partial charge in [-0.2, -0.15) is 0 Å². The van der Waals surface area contributed by atoms with Gasteiger partial charge in [0, 0.05) is 18.5 Å². The van der Waals surface area contributed by atoms with E-state index in [0.717, 1.165) is 16.6 Å². The molecule has 5 heteroatoms. The SMILES string of the molecule is CCC(=O)c1cccc(C=C(CNC)B2OC(C)(C)C(C)(C)O2)c1. The third-order valence-electron chi connectivity index (χ3n) is 4.82. The molecule has 2 rings (SSSR count). The Morgan fingerprint density at radius 2 is 1.83 bits per heavy atom. The highest BCUT2D eigenvalue weighted by atomic mass is 16.7. The number of Topliss-reactive ketones (excluding diaryl/α,β-unsaturated/α-hetero) is 1. The fraction of sp³-hybridized carbons (Fsp3) is 0.526. The summed E-state index contributed by atoms with van der Waals surface area (Å²) in [6, 6.07) is 7.69. The zero-order valence-electron chi connectivity index (χ0n) is 15.6. The van der Waals surface area contributed by atoms with Crippen molar-refractivity contribution in [2.24, 2.45) is 0 Å². The first-order valence-electron chi connectivity index (χ1n) is 8.54. The van der Waals surface area contributed by atoms with Crippen molar-refractivity contribution in [2.75, 3.05) is 13.6 Å². The summed E-state index contributed by atoms with van der Waals surface area (Å²) in [5.74, 6) is 0.149. The van der Waals surface area contributed by atoms with Crippen molar-refractivity contribution >= 4 is 19.0 Å². The first-order chi connectivity index (χ1) is 11.2. The molecule has 0 aromatic heterocycles. The highest BCUT2D eigenvalue weighted by Gasteiger charge is 2.52. The highest BCUT2D eigenvalue weighted by Crippen LogP contribution is 2.38. The molecule has 0 atom stereocenters. The predicted molar refractivity (Wildman–Crippen MR) is 99.0 cm³/mol. The first-order valence-corrected chi connectivity index (χ1v) is 8.54. The van der Waals surface area contributed by atoms with Crippen LogP contribution in [0, 0.1) is 0 Å². The zero-order chi connectivity index (χ0) is 18.0. The molecule has 1 aliphatic heterocycles. The summed E-state index contributed by atoms with van der Waals surface area (Å²) < 4.78 is 12.3. The standard InChI is InChI=1S/C19H28BNO3/c1-7-17(22)15-10-8-9-14(11-15)12-16(13-21-6)20-23-18(2,3)19(4,5)24-20/h8-12,21H,7,13H2,1-6H3. The topological polar surface area (TPSA) is 47.6 Å². The Bertz CT molecular complexity index is 621. The van der Waals surface area contributed by atoms with E-state index >= 15 is 0 Å². The van der Waals surface area contributed by atoms with E-state index in [4.69, 9.17) is 9.31 Å². The third-order valence-corrected chi connectivity index (χ3v) is 4.82. The number of hydrogen-bond donors (Lipinski definition) is 1. The summed E-state index contributed by atoms with van der Waals surface area (Å²) in [6.45, 7) is 10.7. The number of carbonyl (C=O) groups is 1. The number of nitrogens with one attached hydrogen (secondary N) is 1.